The molecule has 1 aromatic heterocycles. The van der Waals surface area contributed by atoms with Crippen LogP contribution < -0.4 is 10.2 Å². The van der Waals surface area contributed by atoms with Crippen LogP contribution in [0.2, 0.25) is 0 Å². The maximum atomic E-state index is 4.55. The molecule has 1 aliphatic heterocycles. The minimum absolute atomic E-state index is 0.389. The molecule has 0 aliphatic carbocycles. The van der Waals surface area contributed by atoms with Crippen molar-refractivity contribution in [1.82, 2.24) is 14.9 Å². The fourth-order valence-electron chi connectivity index (χ4n) is 2.12. The number of likely N-dealkylation sites (N-methyl/N-ethyl adjacent to an activating group) is 1. The Bertz CT molecular complexity index is 396. The normalized spacial score (nSPS) is 17.3. The van der Waals surface area contributed by atoms with E-state index in [4.69, 9.17) is 0 Å². The molecular formula is C13H23N5. The van der Waals surface area contributed by atoms with E-state index in [1.165, 1.54) is 0 Å². The predicted octanol–water partition coefficient (Wildman–Crippen LogP) is 1.36. The first-order valence-corrected chi connectivity index (χ1v) is 6.60. The molecule has 100 valence electrons. The number of nitrogens with zero attached hydrogens (tertiary/aromatic N) is 4. The molecule has 0 unspecified atom stereocenters. The van der Waals surface area contributed by atoms with E-state index in [2.05, 4.69) is 52.0 Å². The van der Waals surface area contributed by atoms with Crippen LogP contribution in [-0.2, 0) is 0 Å². The second-order valence-corrected chi connectivity index (χ2v) is 5.25. The molecule has 0 amide bonds. The van der Waals surface area contributed by atoms with Crippen molar-refractivity contribution in [1.29, 1.82) is 0 Å². The van der Waals surface area contributed by atoms with Gasteiger partial charge in [-0.05, 0) is 27.8 Å². The minimum Gasteiger partial charge on any atom is -0.368 e. The van der Waals surface area contributed by atoms with Crippen molar-refractivity contribution in [2.45, 2.75) is 26.8 Å². The van der Waals surface area contributed by atoms with Gasteiger partial charge in [-0.3, -0.25) is 0 Å². The molecule has 2 heterocycles. The number of hydrogen-bond donors (Lipinski definition) is 1. The third kappa shape index (κ3) is 3.32. The van der Waals surface area contributed by atoms with Gasteiger partial charge in [0.2, 0.25) is 0 Å². The SMILES string of the molecule is Cc1nc(NC(C)C)cc(N2CCN(C)CC2)n1. The number of nitrogens with one attached hydrogen (secondary N) is 1. The Kier molecular flexibility index (Phi) is 4.01. The van der Waals surface area contributed by atoms with E-state index in [0.29, 0.717) is 6.04 Å². The topological polar surface area (TPSA) is 44.3 Å². The Morgan fingerprint density at radius 2 is 1.83 bits per heavy atom. The van der Waals surface area contributed by atoms with E-state index in [0.717, 1.165) is 43.6 Å². The number of hydrogen-bond acceptors (Lipinski definition) is 5. The van der Waals surface area contributed by atoms with Gasteiger partial charge in [0, 0.05) is 38.3 Å². The maximum absolute atomic E-state index is 4.55. The number of aryl methyl sites for hydroxylation is 1. The van der Waals surface area contributed by atoms with E-state index >= 15 is 0 Å². The molecule has 1 fully saturated rings. The highest BCUT2D eigenvalue weighted by atomic mass is 15.3. The average molecular weight is 249 g/mol. The second-order valence-electron chi connectivity index (χ2n) is 5.25. The maximum Gasteiger partial charge on any atom is 0.134 e. The molecule has 0 radical (unpaired) electrons. The number of anilines is 2. The zero-order chi connectivity index (χ0) is 13.1. The third-order valence-corrected chi connectivity index (χ3v) is 3.09. The molecule has 18 heavy (non-hydrogen) atoms. The van der Waals surface area contributed by atoms with Gasteiger partial charge in [-0.25, -0.2) is 9.97 Å². The van der Waals surface area contributed by atoms with Crippen LogP contribution in [0.15, 0.2) is 6.07 Å². The van der Waals surface area contributed by atoms with Gasteiger partial charge in [-0.15, -0.1) is 0 Å². The van der Waals surface area contributed by atoms with Crippen molar-refractivity contribution in [3.63, 3.8) is 0 Å². The van der Waals surface area contributed by atoms with E-state index in [9.17, 15) is 0 Å². The molecule has 0 spiro atoms. The third-order valence-electron chi connectivity index (χ3n) is 3.09. The zero-order valence-corrected chi connectivity index (χ0v) is 11.8. The first kappa shape index (κ1) is 13.1. The van der Waals surface area contributed by atoms with E-state index in [1.807, 2.05) is 6.92 Å². The summed E-state index contributed by atoms with van der Waals surface area (Å²) in [5.41, 5.74) is 0. The van der Waals surface area contributed by atoms with Crippen LogP contribution in [0.3, 0.4) is 0 Å². The highest BCUT2D eigenvalue weighted by Gasteiger charge is 2.16. The lowest BCUT2D eigenvalue weighted by Gasteiger charge is -2.33. The summed E-state index contributed by atoms with van der Waals surface area (Å²) in [6, 6.07) is 2.44. The lowest BCUT2D eigenvalue weighted by Crippen LogP contribution is -2.44. The summed E-state index contributed by atoms with van der Waals surface area (Å²) in [7, 11) is 2.16. The van der Waals surface area contributed by atoms with Crippen LogP contribution in [0.5, 0.6) is 0 Å². The van der Waals surface area contributed by atoms with Crippen molar-refractivity contribution < 1.29 is 0 Å². The molecule has 1 saturated heterocycles. The molecule has 5 nitrogen and oxygen atoms in total. The molecule has 1 N–H and O–H groups in total. The van der Waals surface area contributed by atoms with Crippen LogP contribution in [-0.4, -0.2) is 54.1 Å². The molecular weight excluding hydrogens is 226 g/mol. The summed E-state index contributed by atoms with van der Waals surface area (Å²) in [5.74, 6) is 2.79. The summed E-state index contributed by atoms with van der Waals surface area (Å²) in [4.78, 5) is 13.6. The second kappa shape index (κ2) is 5.52. The van der Waals surface area contributed by atoms with Gasteiger partial charge in [-0.1, -0.05) is 0 Å². The van der Waals surface area contributed by atoms with Crippen LogP contribution in [0.4, 0.5) is 11.6 Å². The smallest absolute Gasteiger partial charge is 0.134 e. The Hall–Kier alpha value is -1.36. The van der Waals surface area contributed by atoms with Gasteiger partial charge in [0.25, 0.3) is 0 Å². The van der Waals surface area contributed by atoms with Gasteiger partial charge in [0.05, 0.1) is 0 Å². The zero-order valence-electron chi connectivity index (χ0n) is 11.8. The molecule has 1 aliphatic rings. The van der Waals surface area contributed by atoms with Crippen LogP contribution >= 0.6 is 0 Å². The lowest BCUT2D eigenvalue weighted by molar-refractivity contribution is 0.312. The summed E-state index contributed by atoms with van der Waals surface area (Å²) >= 11 is 0. The van der Waals surface area contributed by atoms with Crippen molar-refractivity contribution in [3.8, 4) is 0 Å². The van der Waals surface area contributed by atoms with Gasteiger partial charge in [0.1, 0.15) is 17.5 Å². The van der Waals surface area contributed by atoms with Crippen LogP contribution in [0, 0.1) is 6.92 Å². The summed E-state index contributed by atoms with van der Waals surface area (Å²) < 4.78 is 0. The molecule has 0 atom stereocenters. The van der Waals surface area contributed by atoms with E-state index in [-0.39, 0.29) is 0 Å². The molecule has 5 heteroatoms. The van der Waals surface area contributed by atoms with Crippen LogP contribution in [0.1, 0.15) is 19.7 Å². The first-order chi connectivity index (χ1) is 8.54. The number of rotatable bonds is 3. The highest BCUT2D eigenvalue weighted by Crippen LogP contribution is 2.17. The van der Waals surface area contributed by atoms with Gasteiger partial charge in [0.15, 0.2) is 0 Å². The monoisotopic (exact) mass is 249 g/mol. The summed E-state index contributed by atoms with van der Waals surface area (Å²) in [6.07, 6.45) is 0. The van der Waals surface area contributed by atoms with Crippen molar-refractivity contribution in [2.24, 2.45) is 0 Å². The molecule has 0 bridgehead atoms. The first-order valence-electron chi connectivity index (χ1n) is 6.60. The fraction of sp³-hybridized carbons (Fsp3) is 0.692. The Labute approximate surface area is 109 Å². The standard InChI is InChI=1S/C13H23N5/c1-10(2)14-12-9-13(16-11(3)15-12)18-7-5-17(4)6-8-18/h9-10H,5-8H2,1-4H3,(H,14,15,16). The number of aromatic nitrogens is 2. The Morgan fingerprint density at radius 1 is 1.17 bits per heavy atom. The molecule has 2 rings (SSSR count). The Morgan fingerprint density at radius 3 is 2.44 bits per heavy atom. The van der Waals surface area contributed by atoms with Gasteiger partial charge < -0.3 is 15.1 Å². The van der Waals surface area contributed by atoms with Gasteiger partial charge in [-0.2, -0.15) is 0 Å². The van der Waals surface area contributed by atoms with Crippen molar-refractivity contribution in [3.05, 3.63) is 11.9 Å². The van der Waals surface area contributed by atoms with E-state index < -0.39 is 0 Å². The van der Waals surface area contributed by atoms with Crippen LogP contribution in [0.25, 0.3) is 0 Å². The highest BCUT2D eigenvalue weighted by molar-refractivity contribution is 5.50. The quantitative estimate of drug-likeness (QED) is 0.876. The molecule has 0 saturated carbocycles. The van der Waals surface area contributed by atoms with E-state index in [1.54, 1.807) is 0 Å². The van der Waals surface area contributed by atoms with Crippen molar-refractivity contribution in [2.75, 3.05) is 43.4 Å². The van der Waals surface area contributed by atoms with Gasteiger partial charge >= 0.3 is 0 Å². The summed E-state index contributed by atoms with van der Waals surface area (Å²) in [5, 5.41) is 3.35. The molecule has 0 aromatic carbocycles. The number of piperazine rings is 1. The fourth-order valence-corrected chi connectivity index (χ4v) is 2.12. The summed E-state index contributed by atoms with van der Waals surface area (Å²) in [6.45, 7) is 10.4. The van der Waals surface area contributed by atoms with Crippen molar-refractivity contribution >= 4 is 11.6 Å². The predicted molar refractivity (Wildman–Crippen MR) is 75.2 cm³/mol. The Balaban J connectivity index is 2.14. The average Bonchev–Trinajstić information content (AvgIpc) is 2.28. The minimum atomic E-state index is 0.389. The largest absolute Gasteiger partial charge is 0.368 e. The lowest BCUT2D eigenvalue weighted by atomic mass is 10.3. The molecule has 1 aromatic rings.